The van der Waals surface area contributed by atoms with Gasteiger partial charge < -0.3 is 4.18 Å². The number of rotatable bonds is 4. The molecule has 9 heteroatoms. The van der Waals surface area contributed by atoms with Crippen LogP contribution in [0.4, 0.5) is 5.69 Å². The van der Waals surface area contributed by atoms with Gasteiger partial charge in [-0.3, -0.25) is 15.1 Å². The van der Waals surface area contributed by atoms with Crippen molar-refractivity contribution in [2.75, 3.05) is 0 Å². The Morgan fingerprint density at radius 1 is 1.12 bits per heavy atom. The van der Waals surface area contributed by atoms with Crippen molar-refractivity contribution in [2.45, 2.75) is 11.8 Å². The first-order valence-corrected chi connectivity index (χ1v) is 8.78. The Balaban J connectivity index is 2.06. The number of nitrogens with zero attached hydrogens (tertiary/aromatic N) is 2. The summed E-state index contributed by atoms with van der Waals surface area (Å²) in [7, 11) is -4.37. The number of carbonyl (C=O) groups excluding carboxylic acids is 1. The maximum Gasteiger partial charge on any atom is 0.355 e. The SMILES string of the molecule is Cc1ccc(S(=O)(=O)OC(=O)c2ccnc3cccc([N+](=O)[O-])c23)cc1. The van der Waals surface area contributed by atoms with Crippen molar-refractivity contribution in [3.8, 4) is 0 Å². The molecule has 132 valence electrons. The zero-order valence-electron chi connectivity index (χ0n) is 13.4. The number of fused-ring (bicyclic) bond motifs is 1. The van der Waals surface area contributed by atoms with Crippen molar-refractivity contribution in [1.82, 2.24) is 4.98 Å². The normalized spacial score (nSPS) is 11.3. The minimum absolute atomic E-state index is 0.0795. The molecule has 0 amide bonds. The van der Waals surface area contributed by atoms with Crippen molar-refractivity contribution >= 4 is 32.7 Å². The van der Waals surface area contributed by atoms with E-state index in [0.29, 0.717) is 0 Å². The number of benzene rings is 2. The quantitative estimate of drug-likeness (QED) is 0.392. The van der Waals surface area contributed by atoms with Crippen LogP contribution in [0.15, 0.2) is 59.6 Å². The van der Waals surface area contributed by atoms with Crippen LogP contribution in [0.3, 0.4) is 0 Å². The van der Waals surface area contributed by atoms with E-state index < -0.39 is 21.0 Å². The van der Waals surface area contributed by atoms with E-state index in [1.54, 1.807) is 19.1 Å². The highest BCUT2D eigenvalue weighted by molar-refractivity contribution is 7.87. The van der Waals surface area contributed by atoms with E-state index in [1.807, 2.05) is 0 Å². The Morgan fingerprint density at radius 2 is 1.81 bits per heavy atom. The number of hydrogen-bond donors (Lipinski definition) is 0. The van der Waals surface area contributed by atoms with Crippen LogP contribution in [0.25, 0.3) is 10.9 Å². The van der Waals surface area contributed by atoms with Gasteiger partial charge in [-0.15, -0.1) is 0 Å². The van der Waals surface area contributed by atoms with Gasteiger partial charge in [0.15, 0.2) is 0 Å². The lowest BCUT2D eigenvalue weighted by Gasteiger charge is -2.08. The highest BCUT2D eigenvalue weighted by atomic mass is 32.2. The number of nitro benzene ring substituents is 1. The third-order valence-corrected chi connectivity index (χ3v) is 4.88. The van der Waals surface area contributed by atoms with Crippen molar-refractivity contribution in [2.24, 2.45) is 0 Å². The van der Waals surface area contributed by atoms with E-state index >= 15 is 0 Å². The van der Waals surface area contributed by atoms with Gasteiger partial charge in [-0.2, -0.15) is 8.42 Å². The molecule has 3 rings (SSSR count). The first kappa shape index (κ1) is 17.5. The lowest BCUT2D eigenvalue weighted by atomic mass is 10.1. The van der Waals surface area contributed by atoms with Crippen molar-refractivity contribution < 1.29 is 22.3 Å². The highest BCUT2D eigenvalue weighted by Crippen LogP contribution is 2.28. The molecule has 0 aliphatic carbocycles. The summed E-state index contributed by atoms with van der Waals surface area (Å²) in [5.41, 5.74) is 0.403. The zero-order valence-corrected chi connectivity index (χ0v) is 14.3. The van der Waals surface area contributed by atoms with E-state index in [-0.39, 0.29) is 27.0 Å². The zero-order chi connectivity index (χ0) is 18.9. The van der Waals surface area contributed by atoms with Gasteiger partial charge in [0, 0.05) is 12.3 Å². The number of aromatic nitrogens is 1. The fourth-order valence-electron chi connectivity index (χ4n) is 2.41. The van der Waals surface area contributed by atoms with E-state index in [4.69, 9.17) is 0 Å². The minimum atomic E-state index is -4.37. The molecule has 0 bridgehead atoms. The Morgan fingerprint density at radius 3 is 2.46 bits per heavy atom. The lowest BCUT2D eigenvalue weighted by molar-refractivity contribution is -0.383. The molecule has 0 fully saturated rings. The summed E-state index contributed by atoms with van der Waals surface area (Å²) < 4.78 is 29.3. The van der Waals surface area contributed by atoms with Crippen LogP contribution in [-0.4, -0.2) is 24.3 Å². The average molecular weight is 372 g/mol. The summed E-state index contributed by atoms with van der Waals surface area (Å²) in [5, 5.41) is 11.2. The van der Waals surface area contributed by atoms with Gasteiger partial charge in [0.2, 0.25) is 0 Å². The molecule has 0 saturated carbocycles. The average Bonchev–Trinajstić information content (AvgIpc) is 2.60. The second-order valence-electron chi connectivity index (χ2n) is 5.42. The molecule has 0 saturated heterocycles. The Kier molecular flexibility index (Phi) is 4.39. The lowest BCUT2D eigenvalue weighted by Crippen LogP contribution is -2.14. The van der Waals surface area contributed by atoms with Crippen LogP contribution in [0, 0.1) is 17.0 Å². The summed E-state index contributed by atoms with van der Waals surface area (Å²) >= 11 is 0. The molecular formula is C17H12N2O6S. The van der Waals surface area contributed by atoms with E-state index in [9.17, 15) is 23.3 Å². The second kappa shape index (κ2) is 6.52. The topological polar surface area (TPSA) is 116 Å². The van der Waals surface area contributed by atoms with E-state index in [0.717, 1.165) is 5.56 Å². The maximum atomic E-state index is 12.4. The smallest absolute Gasteiger partial charge is 0.338 e. The van der Waals surface area contributed by atoms with Crippen molar-refractivity contribution in [1.29, 1.82) is 0 Å². The van der Waals surface area contributed by atoms with Crippen LogP contribution in [0.1, 0.15) is 15.9 Å². The van der Waals surface area contributed by atoms with Crippen LogP contribution < -0.4 is 0 Å². The third kappa shape index (κ3) is 3.24. The number of nitro groups is 1. The number of non-ortho nitro benzene ring substituents is 1. The van der Waals surface area contributed by atoms with Gasteiger partial charge in [0.25, 0.3) is 5.69 Å². The highest BCUT2D eigenvalue weighted by Gasteiger charge is 2.26. The molecule has 2 aromatic carbocycles. The molecule has 3 aromatic rings. The molecule has 1 heterocycles. The molecule has 0 aliphatic heterocycles. The summed E-state index contributed by atoms with van der Waals surface area (Å²) in [6.07, 6.45) is 1.25. The number of hydrogen-bond acceptors (Lipinski definition) is 7. The molecule has 1 aromatic heterocycles. The van der Waals surface area contributed by atoms with Crippen LogP contribution in [0.5, 0.6) is 0 Å². The molecule has 8 nitrogen and oxygen atoms in total. The Labute approximate surface area is 148 Å². The minimum Gasteiger partial charge on any atom is -0.338 e. The number of carbonyl (C=O) groups is 1. The Hall–Kier alpha value is -3.33. The van der Waals surface area contributed by atoms with Gasteiger partial charge in [-0.1, -0.05) is 23.8 Å². The fraction of sp³-hybridized carbons (Fsp3) is 0.0588. The van der Waals surface area contributed by atoms with Crippen LogP contribution >= 0.6 is 0 Å². The van der Waals surface area contributed by atoms with E-state index in [2.05, 4.69) is 9.17 Å². The predicted octanol–water partition coefficient (Wildman–Crippen LogP) is 3.00. The third-order valence-electron chi connectivity index (χ3n) is 3.66. The molecule has 0 spiro atoms. The maximum absolute atomic E-state index is 12.4. The monoisotopic (exact) mass is 372 g/mol. The largest absolute Gasteiger partial charge is 0.355 e. The van der Waals surface area contributed by atoms with Gasteiger partial charge in [-0.25, -0.2) is 4.79 Å². The number of aryl methyl sites for hydroxylation is 1. The summed E-state index contributed by atoms with van der Waals surface area (Å²) in [4.78, 5) is 26.8. The van der Waals surface area contributed by atoms with Crippen molar-refractivity contribution in [3.63, 3.8) is 0 Å². The molecule has 0 N–H and O–H groups in total. The summed E-state index contributed by atoms with van der Waals surface area (Å²) in [5.74, 6) is -1.22. The predicted molar refractivity (Wildman–Crippen MR) is 92.2 cm³/mol. The molecule has 0 aliphatic rings. The van der Waals surface area contributed by atoms with Gasteiger partial charge >= 0.3 is 16.1 Å². The molecule has 0 radical (unpaired) electrons. The Bertz CT molecular complexity index is 1120. The standard InChI is InChI=1S/C17H12N2O6S/c1-11-5-7-12(8-6-11)26(23,24)25-17(20)13-9-10-18-14-3-2-4-15(16(13)14)19(21)22/h2-10H,1H3. The first-order chi connectivity index (χ1) is 12.3. The van der Waals surface area contributed by atoms with Gasteiger partial charge in [0.05, 0.1) is 21.4 Å². The first-order valence-electron chi connectivity index (χ1n) is 7.37. The van der Waals surface area contributed by atoms with Crippen LogP contribution in [-0.2, 0) is 14.3 Å². The van der Waals surface area contributed by atoms with Crippen LogP contribution in [0.2, 0.25) is 0 Å². The summed E-state index contributed by atoms with van der Waals surface area (Å²) in [6, 6.07) is 11.0. The fourth-order valence-corrected chi connectivity index (χ4v) is 3.26. The number of pyridine rings is 1. The van der Waals surface area contributed by atoms with Crippen molar-refractivity contribution in [3.05, 3.63) is 76.0 Å². The molecule has 26 heavy (non-hydrogen) atoms. The van der Waals surface area contributed by atoms with Gasteiger partial charge in [0.1, 0.15) is 4.90 Å². The molecule has 0 atom stereocenters. The second-order valence-corrected chi connectivity index (χ2v) is 6.97. The molecular weight excluding hydrogens is 360 g/mol. The van der Waals surface area contributed by atoms with Gasteiger partial charge in [-0.05, 0) is 31.2 Å². The molecule has 0 unspecified atom stereocenters. The summed E-state index contributed by atoms with van der Waals surface area (Å²) in [6.45, 7) is 1.78. The van der Waals surface area contributed by atoms with E-state index in [1.165, 1.54) is 42.6 Å².